The van der Waals surface area contributed by atoms with Crippen LogP contribution in [0.5, 0.6) is 0 Å². The largest absolute Gasteiger partial charge is 0.444 e. The van der Waals surface area contributed by atoms with E-state index in [1.807, 2.05) is 26.8 Å². The van der Waals surface area contributed by atoms with E-state index in [9.17, 15) is 23.2 Å². The number of hydrogen-bond acceptors (Lipinski definition) is 9. The van der Waals surface area contributed by atoms with E-state index in [1.54, 1.807) is 13.1 Å². The SMILES string of the molecule is CNc1nc(NC2CCN(Cc3ccc4c(cc(C#N)n4CC45CC(NC(=O)OC(C)(C)C)(C4)[C@H]5C)c3C)CC2)c2cc(CC(F)(F)F)sc2n1. The zero-order valence-electron chi connectivity index (χ0n) is 29.9. The van der Waals surface area contributed by atoms with Crippen LogP contribution in [0.3, 0.4) is 0 Å². The van der Waals surface area contributed by atoms with Crippen molar-refractivity contribution in [2.75, 3.05) is 30.8 Å². The summed E-state index contributed by atoms with van der Waals surface area (Å²) in [5.41, 5.74) is 3.37. The Bertz CT molecular complexity index is 2030. The van der Waals surface area contributed by atoms with Crippen LogP contribution in [0.25, 0.3) is 21.1 Å². The Labute approximate surface area is 299 Å². The van der Waals surface area contributed by atoms with Gasteiger partial charge in [-0.2, -0.15) is 23.4 Å². The molecule has 14 heteroatoms. The first-order valence-corrected chi connectivity index (χ1v) is 18.4. The molecule has 3 aromatic heterocycles. The Morgan fingerprint density at radius 1 is 1.14 bits per heavy atom. The molecular weight excluding hydrogens is 678 g/mol. The fourth-order valence-corrected chi connectivity index (χ4v) is 9.57. The molecule has 2 bridgehead atoms. The van der Waals surface area contributed by atoms with E-state index in [-0.39, 0.29) is 33.9 Å². The minimum atomic E-state index is -4.28. The monoisotopic (exact) mass is 722 g/mol. The summed E-state index contributed by atoms with van der Waals surface area (Å²) >= 11 is 1.05. The van der Waals surface area contributed by atoms with Crippen LogP contribution in [0.4, 0.5) is 29.7 Å². The molecule has 8 rings (SSSR count). The lowest BCUT2D eigenvalue weighted by molar-refractivity contribution is -0.225. The first-order valence-electron chi connectivity index (χ1n) is 17.6. The number of carbonyl (C=O) groups is 1. The van der Waals surface area contributed by atoms with Gasteiger partial charge >= 0.3 is 12.3 Å². The summed E-state index contributed by atoms with van der Waals surface area (Å²) in [7, 11) is 1.70. The predicted molar refractivity (Wildman–Crippen MR) is 193 cm³/mol. The van der Waals surface area contributed by atoms with Gasteiger partial charge in [-0.3, -0.25) is 4.90 Å². The number of thiophene rings is 1. The molecule has 1 aliphatic heterocycles. The van der Waals surface area contributed by atoms with Crippen LogP contribution in [0, 0.1) is 29.6 Å². The summed E-state index contributed by atoms with van der Waals surface area (Å²) in [5, 5.41) is 21.4. The van der Waals surface area contributed by atoms with Crippen LogP contribution in [0.15, 0.2) is 24.3 Å². The van der Waals surface area contributed by atoms with Gasteiger partial charge in [-0.1, -0.05) is 13.0 Å². The number of halogens is 3. The molecule has 3 saturated carbocycles. The fraction of sp³-hybridized carbons (Fsp3) is 0.568. The van der Waals surface area contributed by atoms with Gasteiger partial charge in [0, 0.05) is 60.6 Å². The second kappa shape index (κ2) is 12.5. The van der Waals surface area contributed by atoms with Crippen LogP contribution in [0.2, 0.25) is 0 Å². The van der Waals surface area contributed by atoms with E-state index in [4.69, 9.17) is 4.74 Å². The summed E-state index contributed by atoms with van der Waals surface area (Å²) in [6.07, 6.45) is -2.17. The quantitative estimate of drug-likeness (QED) is 0.161. The molecule has 1 amide bonds. The number of anilines is 2. The molecule has 51 heavy (non-hydrogen) atoms. The number of nitriles is 1. The van der Waals surface area contributed by atoms with Crippen molar-refractivity contribution in [3.8, 4) is 6.07 Å². The fourth-order valence-electron chi connectivity index (χ4n) is 8.51. The maximum absolute atomic E-state index is 13.1. The maximum Gasteiger partial charge on any atom is 0.408 e. The summed E-state index contributed by atoms with van der Waals surface area (Å²) in [6.45, 7) is 13.2. The van der Waals surface area contributed by atoms with Crippen LogP contribution < -0.4 is 16.0 Å². The summed E-state index contributed by atoms with van der Waals surface area (Å²) in [4.78, 5) is 24.6. The lowest BCUT2D eigenvalue weighted by atomic mass is 9.33. The van der Waals surface area contributed by atoms with Crippen molar-refractivity contribution >= 4 is 50.3 Å². The van der Waals surface area contributed by atoms with Gasteiger partial charge in [0.1, 0.15) is 28.0 Å². The van der Waals surface area contributed by atoms with E-state index in [0.29, 0.717) is 27.7 Å². The Balaban J connectivity index is 0.996. The molecule has 1 atom stereocenters. The van der Waals surface area contributed by atoms with Gasteiger partial charge in [0.15, 0.2) is 0 Å². The number of ether oxygens (including phenoxy) is 1. The van der Waals surface area contributed by atoms with E-state index >= 15 is 0 Å². The third kappa shape index (κ3) is 6.70. The highest BCUT2D eigenvalue weighted by Crippen LogP contribution is 2.72. The summed E-state index contributed by atoms with van der Waals surface area (Å²) < 4.78 is 47.0. The number of alkyl halides is 3. The Morgan fingerprint density at radius 2 is 1.86 bits per heavy atom. The van der Waals surface area contributed by atoms with Gasteiger partial charge < -0.3 is 25.3 Å². The second-order valence-electron chi connectivity index (χ2n) is 15.8. The second-order valence-corrected chi connectivity index (χ2v) is 16.9. The molecule has 4 heterocycles. The molecule has 3 N–H and O–H groups in total. The van der Waals surface area contributed by atoms with Crippen LogP contribution in [-0.2, 0) is 24.2 Å². The third-order valence-corrected chi connectivity index (χ3v) is 12.3. The Morgan fingerprint density at radius 3 is 2.49 bits per heavy atom. The smallest absolute Gasteiger partial charge is 0.408 e. The average molecular weight is 723 g/mol. The van der Waals surface area contributed by atoms with Crippen LogP contribution in [-0.4, -0.2) is 69.0 Å². The number of benzene rings is 1. The highest BCUT2D eigenvalue weighted by Gasteiger charge is 2.74. The number of nitrogens with zero attached hydrogens (tertiary/aromatic N) is 5. The molecule has 10 nitrogen and oxygen atoms in total. The van der Waals surface area contributed by atoms with Gasteiger partial charge in [0.05, 0.1) is 11.8 Å². The van der Waals surface area contributed by atoms with Gasteiger partial charge in [0.25, 0.3) is 0 Å². The minimum Gasteiger partial charge on any atom is -0.444 e. The molecule has 4 aromatic rings. The lowest BCUT2D eigenvalue weighted by Gasteiger charge is -2.75. The summed E-state index contributed by atoms with van der Waals surface area (Å²) in [6, 6.07) is 10.5. The van der Waals surface area contributed by atoms with Crippen LogP contribution >= 0.6 is 11.3 Å². The molecule has 0 unspecified atom stereocenters. The van der Waals surface area contributed by atoms with Gasteiger partial charge in [-0.25, -0.2) is 9.78 Å². The first kappa shape index (κ1) is 35.3. The maximum atomic E-state index is 13.1. The average Bonchev–Trinajstić information content (AvgIpc) is 3.61. The van der Waals surface area contributed by atoms with Crippen molar-refractivity contribution in [2.45, 2.75) is 103 Å². The van der Waals surface area contributed by atoms with Gasteiger partial charge in [-0.05, 0) is 94.0 Å². The number of hydrogen-bond donors (Lipinski definition) is 3. The zero-order chi connectivity index (χ0) is 36.5. The van der Waals surface area contributed by atoms with Crippen LogP contribution in [0.1, 0.15) is 75.1 Å². The molecule has 4 fully saturated rings. The standard InChI is InChI=1S/C37H45F3N8O2S/c1-21-23(17-47-11-9-24(10-12-47)43-30-28-14-26(15-37(38,39)40)51-31(28)45-32(42-6)44-30)7-8-29-27(21)13-25(16-41)48(29)20-35-18-36(19-35,22(35)2)46-33(49)50-34(3,4)5/h7-8,13-14,22,24H,9-12,15,17-20H2,1-6H3,(H,46,49)(H2,42,43,44,45)/t22-,35?,36?/m0/s1. The number of carbonyl (C=O) groups excluding carboxylic acids is 1. The van der Waals surface area contributed by atoms with Gasteiger partial charge in [0.2, 0.25) is 5.95 Å². The Hall–Kier alpha value is -4.09. The number of piperidine rings is 1. The molecule has 3 aliphatic carbocycles. The van der Waals surface area contributed by atoms with Crippen molar-refractivity contribution < 1.29 is 22.7 Å². The number of likely N-dealkylation sites (tertiary alicyclic amines) is 1. The number of fused-ring (bicyclic) bond motifs is 2. The van der Waals surface area contributed by atoms with E-state index in [1.165, 1.54) is 11.1 Å². The van der Waals surface area contributed by atoms with E-state index in [2.05, 4.69) is 67.4 Å². The van der Waals surface area contributed by atoms with Crippen molar-refractivity contribution in [1.82, 2.24) is 24.8 Å². The predicted octanol–water partition coefficient (Wildman–Crippen LogP) is 7.74. The summed E-state index contributed by atoms with van der Waals surface area (Å²) in [5.74, 6) is 1.22. The topological polar surface area (TPSA) is 120 Å². The number of aromatic nitrogens is 3. The number of alkyl carbamates (subject to hydrolysis) is 1. The highest BCUT2D eigenvalue weighted by molar-refractivity contribution is 7.18. The molecule has 1 saturated heterocycles. The molecule has 4 aliphatic rings. The Kier molecular flexibility index (Phi) is 8.69. The first-order chi connectivity index (χ1) is 24.0. The van der Waals surface area contributed by atoms with Crippen molar-refractivity contribution in [3.05, 3.63) is 46.0 Å². The zero-order valence-corrected chi connectivity index (χ0v) is 30.7. The van der Waals surface area contributed by atoms with E-state index < -0.39 is 18.2 Å². The molecule has 0 spiro atoms. The lowest BCUT2D eigenvalue weighted by Crippen LogP contribution is -2.81. The molecule has 1 aromatic carbocycles. The number of amides is 1. The third-order valence-electron chi connectivity index (χ3n) is 11.3. The molecular formula is C37H45F3N8O2S. The normalized spacial score (nSPS) is 23.8. The van der Waals surface area contributed by atoms with Crippen molar-refractivity contribution in [3.63, 3.8) is 0 Å². The minimum absolute atomic E-state index is 0.0402. The number of nitrogens with one attached hydrogen (secondary N) is 3. The molecule has 272 valence electrons. The number of aryl methyl sites for hydroxylation is 1. The van der Waals surface area contributed by atoms with Gasteiger partial charge in [-0.15, -0.1) is 11.3 Å². The highest BCUT2D eigenvalue weighted by atomic mass is 32.1. The molecule has 0 radical (unpaired) electrons. The van der Waals surface area contributed by atoms with Crippen molar-refractivity contribution in [2.24, 2.45) is 11.3 Å². The number of rotatable bonds is 9. The van der Waals surface area contributed by atoms with E-state index in [0.717, 1.165) is 74.1 Å². The van der Waals surface area contributed by atoms with Crippen molar-refractivity contribution in [1.29, 1.82) is 5.26 Å².